The molecule has 3 fully saturated rings. The SMILES string of the molecule is CC(C)(C)OC(=O)N1CCCC1c1nc2ccc(C3CCC(c4ccc5nc(C6CCCN6C(=O)OC(C)(C)C)[nH]c5c4)N3O)cc2[nH]1. The molecule has 2 aromatic carbocycles. The van der Waals surface area contributed by atoms with Crippen molar-refractivity contribution < 1.29 is 24.3 Å². The number of hydroxylamine groups is 2. The first-order valence-electron chi connectivity index (χ1n) is 17.2. The number of ether oxygens (including phenoxy) is 2. The van der Waals surface area contributed by atoms with Gasteiger partial charge in [-0.15, -0.1) is 0 Å². The van der Waals surface area contributed by atoms with Gasteiger partial charge in [-0.25, -0.2) is 19.6 Å². The molecule has 12 nitrogen and oxygen atoms in total. The third-order valence-electron chi connectivity index (χ3n) is 9.56. The number of H-pyrrole nitrogens is 2. The van der Waals surface area contributed by atoms with E-state index in [1.54, 1.807) is 9.80 Å². The predicted molar refractivity (Wildman–Crippen MR) is 180 cm³/mol. The van der Waals surface area contributed by atoms with Gasteiger partial charge in [0.05, 0.1) is 46.2 Å². The number of aromatic amines is 2. The van der Waals surface area contributed by atoms with Crippen LogP contribution < -0.4 is 0 Å². The fraction of sp³-hybridized carbons (Fsp3) is 0.556. The lowest BCUT2D eigenvalue weighted by atomic mass is 10.0. The molecule has 3 N–H and O–H groups in total. The molecule has 0 radical (unpaired) electrons. The Labute approximate surface area is 280 Å². The number of nitrogens with zero attached hydrogens (tertiary/aromatic N) is 5. The van der Waals surface area contributed by atoms with Crippen molar-refractivity contribution in [3.8, 4) is 0 Å². The van der Waals surface area contributed by atoms with Crippen molar-refractivity contribution in [1.82, 2.24) is 34.8 Å². The summed E-state index contributed by atoms with van der Waals surface area (Å²) in [7, 11) is 0. The number of carbonyl (C=O) groups is 2. The highest BCUT2D eigenvalue weighted by Gasteiger charge is 2.38. The van der Waals surface area contributed by atoms with Crippen LogP contribution in [0.15, 0.2) is 36.4 Å². The molecular formula is C36H47N7O5. The van der Waals surface area contributed by atoms with E-state index in [1.807, 2.05) is 65.8 Å². The van der Waals surface area contributed by atoms with Crippen LogP contribution in [0.2, 0.25) is 0 Å². The number of fused-ring (bicyclic) bond motifs is 2. The Hall–Kier alpha value is -4.16. The minimum Gasteiger partial charge on any atom is -0.444 e. The van der Waals surface area contributed by atoms with E-state index in [9.17, 15) is 14.8 Å². The molecule has 7 rings (SSSR count). The molecule has 4 unspecified atom stereocenters. The number of imidazole rings is 2. The third-order valence-corrected chi connectivity index (χ3v) is 9.56. The van der Waals surface area contributed by atoms with Crippen molar-refractivity contribution in [1.29, 1.82) is 0 Å². The predicted octanol–water partition coefficient (Wildman–Crippen LogP) is 7.85. The molecule has 2 amide bonds. The highest BCUT2D eigenvalue weighted by molar-refractivity contribution is 5.78. The summed E-state index contributed by atoms with van der Waals surface area (Å²) in [5.74, 6) is 1.52. The van der Waals surface area contributed by atoms with Crippen molar-refractivity contribution in [3.63, 3.8) is 0 Å². The van der Waals surface area contributed by atoms with Gasteiger partial charge < -0.3 is 24.6 Å². The molecule has 0 spiro atoms. The molecule has 0 saturated carbocycles. The molecule has 5 heterocycles. The van der Waals surface area contributed by atoms with Crippen LogP contribution in [0, 0.1) is 0 Å². The van der Waals surface area contributed by atoms with E-state index in [2.05, 4.69) is 22.1 Å². The zero-order valence-corrected chi connectivity index (χ0v) is 28.7. The second-order valence-corrected chi connectivity index (χ2v) is 15.4. The number of benzene rings is 2. The summed E-state index contributed by atoms with van der Waals surface area (Å²) in [5, 5.41) is 13.0. The summed E-state index contributed by atoms with van der Waals surface area (Å²) in [6, 6.07) is 11.5. The van der Waals surface area contributed by atoms with Crippen LogP contribution in [0.4, 0.5) is 9.59 Å². The standard InChI is InChI=1S/C36H47N7O5/c1-35(2,3)47-33(44)41-17-7-9-29(41)31-37-23-13-11-21(19-25(23)39-31)27-15-16-28(43(27)46)22-12-14-24-26(20-22)40-32(38-24)30-10-8-18-42(30)34(45)48-36(4,5)6/h11-14,19-20,27-30,46H,7-10,15-18H2,1-6H3,(H,37,39)(H,38,40). The molecule has 2 aromatic heterocycles. The van der Waals surface area contributed by atoms with Crippen LogP contribution in [0.5, 0.6) is 0 Å². The lowest BCUT2D eigenvalue weighted by Gasteiger charge is -2.27. The summed E-state index contributed by atoms with van der Waals surface area (Å²) >= 11 is 0. The van der Waals surface area contributed by atoms with E-state index in [0.717, 1.165) is 83.4 Å². The highest BCUT2D eigenvalue weighted by atomic mass is 16.6. The minimum absolute atomic E-state index is 0.159. The van der Waals surface area contributed by atoms with Crippen molar-refractivity contribution in [3.05, 3.63) is 59.2 Å². The first-order chi connectivity index (χ1) is 22.7. The molecule has 0 bridgehead atoms. The van der Waals surface area contributed by atoms with Crippen molar-refractivity contribution in [2.45, 2.75) is 115 Å². The molecular weight excluding hydrogens is 610 g/mol. The maximum Gasteiger partial charge on any atom is 0.410 e. The van der Waals surface area contributed by atoms with Gasteiger partial charge in [0.25, 0.3) is 0 Å². The quantitative estimate of drug-likeness (QED) is 0.202. The van der Waals surface area contributed by atoms with E-state index in [1.165, 1.54) is 5.06 Å². The summed E-state index contributed by atoms with van der Waals surface area (Å²) < 4.78 is 11.3. The Morgan fingerprint density at radius 3 is 1.50 bits per heavy atom. The van der Waals surface area contributed by atoms with E-state index >= 15 is 0 Å². The average Bonchev–Trinajstić information content (AvgIpc) is 3.83. The van der Waals surface area contributed by atoms with Gasteiger partial charge in [0.2, 0.25) is 0 Å². The van der Waals surface area contributed by atoms with Crippen LogP contribution in [-0.2, 0) is 9.47 Å². The Morgan fingerprint density at radius 1 is 0.688 bits per heavy atom. The number of rotatable bonds is 4. The molecule has 4 atom stereocenters. The average molecular weight is 658 g/mol. The molecule has 256 valence electrons. The Kier molecular flexibility index (Phi) is 8.14. The van der Waals surface area contributed by atoms with Gasteiger partial charge in [0.15, 0.2) is 0 Å². The summed E-state index contributed by atoms with van der Waals surface area (Å²) in [6.45, 7) is 12.5. The third kappa shape index (κ3) is 6.35. The fourth-order valence-electron chi connectivity index (χ4n) is 7.44. The summed E-state index contributed by atoms with van der Waals surface area (Å²) in [4.78, 5) is 45.9. The van der Waals surface area contributed by atoms with Crippen LogP contribution >= 0.6 is 0 Å². The number of amides is 2. The van der Waals surface area contributed by atoms with E-state index in [4.69, 9.17) is 19.4 Å². The summed E-state index contributed by atoms with van der Waals surface area (Å²) in [5.41, 5.74) is 4.32. The normalized spacial score (nSPS) is 23.9. The number of nitrogens with one attached hydrogen (secondary N) is 2. The fourth-order valence-corrected chi connectivity index (χ4v) is 7.44. The number of hydrogen-bond donors (Lipinski definition) is 3. The lowest BCUT2D eigenvalue weighted by molar-refractivity contribution is -0.137. The van der Waals surface area contributed by atoms with Crippen LogP contribution in [0.3, 0.4) is 0 Å². The van der Waals surface area contributed by atoms with E-state index in [0.29, 0.717) is 13.1 Å². The van der Waals surface area contributed by atoms with Gasteiger partial charge in [-0.2, -0.15) is 5.06 Å². The second-order valence-electron chi connectivity index (χ2n) is 15.4. The Morgan fingerprint density at radius 2 is 1.10 bits per heavy atom. The topological polar surface area (TPSA) is 140 Å². The van der Waals surface area contributed by atoms with Crippen molar-refractivity contribution in [2.75, 3.05) is 13.1 Å². The monoisotopic (exact) mass is 657 g/mol. The summed E-state index contributed by atoms with van der Waals surface area (Å²) in [6.07, 6.45) is 4.40. The zero-order valence-electron chi connectivity index (χ0n) is 28.7. The number of aromatic nitrogens is 4. The van der Waals surface area contributed by atoms with Gasteiger partial charge in [-0.1, -0.05) is 12.1 Å². The Bertz CT molecular complexity index is 1700. The maximum absolute atomic E-state index is 12.9. The van der Waals surface area contributed by atoms with Gasteiger partial charge in [-0.05, 0) is 115 Å². The molecule has 4 aromatic rings. The lowest BCUT2D eigenvalue weighted by Crippen LogP contribution is -2.36. The zero-order chi connectivity index (χ0) is 34.0. The van der Waals surface area contributed by atoms with Crippen LogP contribution in [0.1, 0.15) is 127 Å². The first-order valence-corrected chi connectivity index (χ1v) is 17.2. The molecule has 3 saturated heterocycles. The Balaban J connectivity index is 1.07. The molecule has 48 heavy (non-hydrogen) atoms. The number of hydrogen-bond acceptors (Lipinski definition) is 8. The van der Waals surface area contributed by atoms with Crippen molar-refractivity contribution >= 4 is 34.3 Å². The number of carbonyl (C=O) groups excluding carboxylic acids is 2. The van der Waals surface area contributed by atoms with E-state index in [-0.39, 0.29) is 36.4 Å². The van der Waals surface area contributed by atoms with E-state index < -0.39 is 11.2 Å². The largest absolute Gasteiger partial charge is 0.444 e. The van der Waals surface area contributed by atoms with Crippen LogP contribution in [-0.4, -0.2) is 76.5 Å². The minimum atomic E-state index is -0.560. The van der Waals surface area contributed by atoms with Gasteiger partial charge >= 0.3 is 12.2 Å². The first kappa shape index (κ1) is 32.4. The molecule has 12 heteroatoms. The number of likely N-dealkylation sites (tertiary alicyclic amines) is 2. The maximum atomic E-state index is 12.9. The smallest absolute Gasteiger partial charge is 0.410 e. The molecule has 3 aliphatic rings. The molecule has 3 aliphatic heterocycles. The second kappa shape index (κ2) is 12.1. The van der Waals surface area contributed by atoms with Crippen molar-refractivity contribution in [2.24, 2.45) is 0 Å². The highest BCUT2D eigenvalue weighted by Crippen LogP contribution is 2.44. The molecule has 0 aliphatic carbocycles. The van der Waals surface area contributed by atoms with Gasteiger partial charge in [0.1, 0.15) is 22.9 Å². The van der Waals surface area contributed by atoms with Gasteiger partial charge in [0, 0.05) is 13.1 Å². The van der Waals surface area contributed by atoms with Gasteiger partial charge in [-0.3, -0.25) is 9.80 Å². The van der Waals surface area contributed by atoms with Crippen LogP contribution in [0.25, 0.3) is 22.1 Å².